The van der Waals surface area contributed by atoms with Crippen LogP contribution in [0.15, 0.2) is 51.5 Å². The molecule has 10 heteroatoms. The summed E-state index contributed by atoms with van der Waals surface area (Å²) in [6, 6.07) is 10.9. The minimum Gasteiger partial charge on any atom is -0.454 e. The van der Waals surface area contributed by atoms with Gasteiger partial charge in [0.25, 0.3) is 5.91 Å². The van der Waals surface area contributed by atoms with Crippen LogP contribution in [0, 0.1) is 13.8 Å². The van der Waals surface area contributed by atoms with Crippen LogP contribution < -0.4 is 5.32 Å². The van der Waals surface area contributed by atoms with Crippen molar-refractivity contribution in [3.63, 3.8) is 0 Å². The van der Waals surface area contributed by atoms with Crippen LogP contribution >= 0.6 is 39.1 Å². The summed E-state index contributed by atoms with van der Waals surface area (Å²) in [7, 11) is 0. The molecule has 0 bridgehead atoms. The van der Waals surface area contributed by atoms with E-state index >= 15 is 0 Å². The zero-order chi connectivity index (χ0) is 22.1. The highest BCUT2D eigenvalue weighted by Gasteiger charge is 2.17. The van der Waals surface area contributed by atoms with Gasteiger partial charge in [-0.3, -0.25) is 14.2 Å². The lowest BCUT2D eigenvalue weighted by Crippen LogP contribution is -2.12. The van der Waals surface area contributed by atoms with Gasteiger partial charge >= 0.3 is 0 Å². The van der Waals surface area contributed by atoms with E-state index in [0.717, 1.165) is 17.0 Å². The van der Waals surface area contributed by atoms with Gasteiger partial charge in [-0.25, -0.2) is 0 Å². The summed E-state index contributed by atoms with van der Waals surface area (Å²) < 4.78 is 9.79. The van der Waals surface area contributed by atoms with Crippen molar-refractivity contribution in [2.45, 2.75) is 26.9 Å². The van der Waals surface area contributed by atoms with E-state index < -0.39 is 5.91 Å². The topological polar surface area (TPSA) is 77.9 Å². The molecule has 0 fully saturated rings. The maximum absolute atomic E-state index is 12.6. The highest BCUT2D eigenvalue weighted by atomic mass is 79.9. The molecule has 0 aliphatic carbocycles. The fraction of sp³-hybridized carbons (Fsp3) is 0.190. The molecule has 3 aromatic heterocycles. The summed E-state index contributed by atoms with van der Waals surface area (Å²) in [5.41, 5.74) is 2.52. The fourth-order valence-corrected chi connectivity index (χ4v) is 3.84. The Morgan fingerprint density at radius 1 is 1.13 bits per heavy atom. The van der Waals surface area contributed by atoms with Crippen molar-refractivity contribution in [3.8, 4) is 0 Å². The van der Waals surface area contributed by atoms with Gasteiger partial charge in [0.2, 0.25) is 0 Å². The maximum Gasteiger partial charge on any atom is 0.292 e. The Hall–Kier alpha value is -2.55. The number of aromatic nitrogens is 4. The minimum absolute atomic E-state index is 0.176. The Balaban J connectivity index is 1.45. The van der Waals surface area contributed by atoms with Crippen LogP contribution in [0.5, 0.6) is 0 Å². The van der Waals surface area contributed by atoms with E-state index in [1.807, 2.05) is 38.1 Å². The lowest BCUT2D eigenvalue weighted by molar-refractivity contribution is 0.0994. The van der Waals surface area contributed by atoms with Crippen molar-refractivity contribution in [3.05, 3.63) is 85.6 Å². The predicted molar refractivity (Wildman–Crippen MR) is 123 cm³/mol. The number of carbonyl (C=O) groups excluding carboxylic acids is 1. The second-order valence-electron chi connectivity index (χ2n) is 6.98. The molecule has 4 rings (SSSR count). The van der Waals surface area contributed by atoms with Gasteiger partial charge in [0.15, 0.2) is 11.6 Å². The quantitative estimate of drug-likeness (QED) is 0.352. The van der Waals surface area contributed by atoms with E-state index in [0.29, 0.717) is 39.2 Å². The molecule has 0 saturated carbocycles. The molecule has 0 aliphatic heterocycles. The largest absolute Gasteiger partial charge is 0.454 e. The monoisotopic (exact) mass is 521 g/mol. The molecule has 0 saturated heterocycles. The molecule has 1 aromatic carbocycles. The average molecular weight is 523 g/mol. The maximum atomic E-state index is 12.6. The van der Waals surface area contributed by atoms with Crippen LogP contribution in [0.25, 0.3) is 0 Å². The van der Waals surface area contributed by atoms with Crippen LogP contribution in [0.2, 0.25) is 10.0 Å². The van der Waals surface area contributed by atoms with Gasteiger partial charge < -0.3 is 9.73 Å². The first-order chi connectivity index (χ1) is 14.8. The number of furan rings is 1. The van der Waals surface area contributed by atoms with Crippen molar-refractivity contribution >= 4 is 50.9 Å². The number of benzene rings is 1. The summed E-state index contributed by atoms with van der Waals surface area (Å²) in [5, 5.41) is 12.8. The van der Waals surface area contributed by atoms with Crippen LogP contribution in [-0.2, 0) is 13.1 Å². The Kier molecular flexibility index (Phi) is 6.22. The Morgan fingerprint density at radius 3 is 2.61 bits per heavy atom. The summed E-state index contributed by atoms with van der Waals surface area (Å²) in [6.45, 7) is 4.58. The molecule has 7 nitrogen and oxygen atoms in total. The summed E-state index contributed by atoms with van der Waals surface area (Å²) in [6.07, 6.45) is 1.78. The molecule has 0 unspecified atom stereocenters. The summed E-state index contributed by atoms with van der Waals surface area (Å²) in [4.78, 5) is 12.6. The van der Waals surface area contributed by atoms with E-state index in [4.69, 9.17) is 27.6 Å². The van der Waals surface area contributed by atoms with E-state index in [1.165, 1.54) is 0 Å². The fourth-order valence-electron chi connectivity index (χ4n) is 3.09. The standard InChI is InChI=1S/C21H18BrCl2N5O2/c1-12-19(24)13(2)29(26-12)10-15-7-8-18(31-15)21(30)25-20-16(22)11-28(27-20)9-14-5-3-4-6-17(14)23/h3-8,11H,9-10H2,1-2H3,(H,25,27,30). The lowest BCUT2D eigenvalue weighted by atomic mass is 10.2. The van der Waals surface area contributed by atoms with Gasteiger partial charge in [0.05, 0.1) is 34.0 Å². The Bertz CT molecular complexity index is 1260. The number of hydrogen-bond donors (Lipinski definition) is 1. The normalized spacial score (nSPS) is 11.1. The molecule has 0 aliphatic rings. The Labute approximate surface area is 197 Å². The van der Waals surface area contributed by atoms with Gasteiger partial charge in [-0.15, -0.1) is 0 Å². The van der Waals surface area contributed by atoms with Crippen molar-refractivity contribution in [2.24, 2.45) is 0 Å². The first-order valence-electron chi connectivity index (χ1n) is 9.37. The molecule has 0 radical (unpaired) electrons. The number of halogens is 3. The molecular weight excluding hydrogens is 505 g/mol. The SMILES string of the molecule is Cc1nn(Cc2ccc(C(=O)Nc3nn(Cc4ccccc4Cl)cc3Br)o2)c(C)c1Cl. The molecular formula is C21H18BrCl2N5O2. The number of nitrogens with zero attached hydrogens (tertiary/aromatic N) is 4. The smallest absolute Gasteiger partial charge is 0.292 e. The van der Waals surface area contributed by atoms with Gasteiger partial charge in [0.1, 0.15) is 5.76 Å². The van der Waals surface area contributed by atoms with Crippen LogP contribution in [0.4, 0.5) is 5.82 Å². The second-order valence-corrected chi connectivity index (χ2v) is 8.62. The zero-order valence-electron chi connectivity index (χ0n) is 16.7. The van der Waals surface area contributed by atoms with Gasteiger partial charge in [0, 0.05) is 11.2 Å². The predicted octanol–water partition coefficient (Wildman–Crippen LogP) is 5.71. The van der Waals surface area contributed by atoms with Crippen molar-refractivity contribution in [1.29, 1.82) is 0 Å². The van der Waals surface area contributed by atoms with Crippen LogP contribution in [0.1, 0.15) is 33.3 Å². The molecule has 1 amide bonds. The summed E-state index contributed by atoms with van der Waals surface area (Å²) in [5.74, 6) is 0.757. The first kappa shape index (κ1) is 21.7. The molecule has 3 heterocycles. The van der Waals surface area contributed by atoms with Crippen molar-refractivity contribution in [1.82, 2.24) is 19.6 Å². The number of rotatable bonds is 6. The summed E-state index contributed by atoms with van der Waals surface area (Å²) >= 11 is 15.8. The first-order valence-corrected chi connectivity index (χ1v) is 10.9. The van der Waals surface area contributed by atoms with Crippen molar-refractivity contribution < 1.29 is 9.21 Å². The number of anilines is 1. The number of nitrogens with one attached hydrogen (secondary N) is 1. The minimum atomic E-state index is -0.402. The lowest BCUT2D eigenvalue weighted by Gasteiger charge is -2.04. The molecule has 4 aromatic rings. The number of hydrogen-bond acceptors (Lipinski definition) is 4. The van der Waals surface area contributed by atoms with Gasteiger partial charge in [-0.2, -0.15) is 10.2 Å². The highest BCUT2D eigenvalue weighted by molar-refractivity contribution is 9.10. The second kappa shape index (κ2) is 8.90. The number of carbonyl (C=O) groups is 1. The third-order valence-electron chi connectivity index (χ3n) is 4.72. The highest BCUT2D eigenvalue weighted by Crippen LogP contribution is 2.24. The van der Waals surface area contributed by atoms with E-state index in [1.54, 1.807) is 27.7 Å². The number of amides is 1. The zero-order valence-corrected chi connectivity index (χ0v) is 19.8. The van der Waals surface area contributed by atoms with Crippen LogP contribution in [0.3, 0.4) is 0 Å². The molecule has 0 atom stereocenters. The average Bonchev–Trinajstić information content (AvgIpc) is 3.40. The van der Waals surface area contributed by atoms with E-state index in [-0.39, 0.29) is 5.76 Å². The van der Waals surface area contributed by atoms with Crippen molar-refractivity contribution in [2.75, 3.05) is 5.32 Å². The van der Waals surface area contributed by atoms with Gasteiger partial charge in [-0.05, 0) is 53.5 Å². The molecule has 160 valence electrons. The third-order valence-corrected chi connectivity index (χ3v) is 6.22. The Morgan fingerprint density at radius 2 is 1.90 bits per heavy atom. The number of aryl methyl sites for hydroxylation is 1. The molecule has 1 N–H and O–H groups in total. The molecule has 31 heavy (non-hydrogen) atoms. The van der Waals surface area contributed by atoms with Crippen LogP contribution in [-0.4, -0.2) is 25.5 Å². The third kappa shape index (κ3) is 4.71. The molecule has 0 spiro atoms. The van der Waals surface area contributed by atoms with E-state index in [2.05, 4.69) is 31.4 Å². The van der Waals surface area contributed by atoms with Gasteiger partial charge in [-0.1, -0.05) is 41.4 Å². The van der Waals surface area contributed by atoms with E-state index in [9.17, 15) is 4.79 Å².